The van der Waals surface area contributed by atoms with Crippen LogP contribution in [0.15, 0.2) is 60.7 Å². The number of aryl methyl sites for hydroxylation is 1. The summed E-state index contributed by atoms with van der Waals surface area (Å²) in [5, 5.41) is 3.31. The van der Waals surface area contributed by atoms with Crippen LogP contribution >= 0.6 is 0 Å². The van der Waals surface area contributed by atoms with Crippen LogP contribution in [0.2, 0.25) is 0 Å². The van der Waals surface area contributed by atoms with E-state index >= 15 is 0 Å². The molecule has 0 radical (unpaired) electrons. The molecular weight excluding hydrogens is 338 g/mol. The topological polar surface area (TPSA) is 47.6 Å². The van der Waals surface area contributed by atoms with Crippen molar-refractivity contribution in [1.82, 2.24) is 0 Å². The van der Waals surface area contributed by atoms with E-state index < -0.39 is 5.60 Å². The van der Waals surface area contributed by atoms with E-state index in [0.29, 0.717) is 17.1 Å². The van der Waals surface area contributed by atoms with Gasteiger partial charge in [-0.25, -0.2) is 4.79 Å². The zero-order chi connectivity index (χ0) is 18.6. The van der Waals surface area contributed by atoms with Gasteiger partial charge in [0.05, 0.1) is 5.56 Å². The van der Waals surface area contributed by atoms with Crippen LogP contribution < -0.4 is 10.1 Å². The van der Waals surface area contributed by atoms with Crippen molar-refractivity contribution in [3.8, 4) is 11.5 Å². The highest BCUT2D eigenvalue weighted by Crippen LogP contribution is 2.56. The molecule has 0 aromatic heterocycles. The van der Waals surface area contributed by atoms with Crippen LogP contribution in [0.5, 0.6) is 11.5 Å². The molecule has 5 rings (SSSR count). The minimum absolute atomic E-state index is 0.304. The summed E-state index contributed by atoms with van der Waals surface area (Å²) in [6.07, 6.45) is 0. The first-order chi connectivity index (χ1) is 13.1. The molecule has 0 bridgehead atoms. The van der Waals surface area contributed by atoms with Crippen molar-refractivity contribution in [2.75, 3.05) is 11.9 Å². The van der Waals surface area contributed by atoms with Crippen molar-refractivity contribution in [3.05, 3.63) is 88.5 Å². The first-order valence-electron chi connectivity index (χ1n) is 9.13. The van der Waals surface area contributed by atoms with Crippen LogP contribution in [0.1, 0.15) is 39.5 Å². The molecular formula is C23H19NO3. The molecule has 0 aliphatic carbocycles. The third-order valence-corrected chi connectivity index (χ3v) is 5.25. The van der Waals surface area contributed by atoms with E-state index in [4.69, 9.17) is 9.47 Å². The number of hydrogen-bond donors (Lipinski definition) is 1. The Morgan fingerprint density at radius 1 is 0.926 bits per heavy atom. The van der Waals surface area contributed by atoms with Gasteiger partial charge in [0.1, 0.15) is 11.5 Å². The lowest BCUT2D eigenvalue weighted by Crippen LogP contribution is -2.33. The van der Waals surface area contributed by atoms with Crippen molar-refractivity contribution in [1.29, 1.82) is 0 Å². The SMILES string of the molecule is CCNc1ccc2c(c1)Oc1ccc(C)cc1C21OC(=O)c2ccccc21. The number of esters is 1. The summed E-state index contributed by atoms with van der Waals surface area (Å²) in [6, 6.07) is 19.6. The van der Waals surface area contributed by atoms with Crippen molar-refractivity contribution >= 4 is 11.7 Å². The van der Waals surface area contributed by atoms with Gasteiger partial charge >= 0.3 is 5.97 Å². The van der Waals surface area contributed by atoms with Gasteiger partial charge in [0.25, 0.3) is 0 Å². The lowest BCUT2D eigenvalue weighted by atomic mass is 9.77. The first kappa shape index (κ1) is 15.9. The van der Waals surface area contributed by atoms with E-state index in [1.165, 1.54) is 0 Å². The quantitative estimate of drug-likeness (QED) is 0.656. The van der Waals surface area contributed by atoms with Gasteiger partial charge in [0.15, 0.2) is 5.60 Å². The summed E-state index contributed by atoms with van der Waals surface area (Å²) in [5.41, 5.74) is 4.26. The van der Waals surface area contributed by atoms with E-state index in [1.54, 1.807) is 0 Å². The smallest absolute Gasteiger partial charge is 0.340 e. The van der Waals surface area contributed by atoms with Crippen LogP contribution in [0.25, 0.3) is 0 Å². The van der Waals surface area contributed by atoms with Crippen molar-refractivity contribution in [3.63, 3.8) is 0 Å². The van der Waals surface area contributed by atoms with E-state index in [1.807, 2.05) is 67.6 Å². The fourth-order valence-corrected chi connectivity index (χ4v) is 4.10. The Morgan fingerprint density at radius 3 is 2.63 bits per heavy atom. The van der Waals surface area contributed by atoms with E-state index in [9.17, 15) is 4.79 Å². The van der Waals surface area contributed by atoms with Crippen molar-refractivity contribution in [2.45, 2.75) is 19.4 Å². The summed E-state index contributed by atoms with van der Waals surface area (Å²) in [7, 11) is 0. The number of carbonyl (C=O) groups excluding carboxylic acids is 1. The fourth-order valence-electron chi connectivity index (χ4n) is 4.10. The van der Waals surface area contributed by atoms with Crippen LogP contribution in [-0.4, -0.2) is 12.5 Å². The highest BCUT2D eigenvalue weighted by Gasteiger charge is 2.53. The number of carbonyl (C=O) groups is 1. The van der Waals surface area contributed by atoms with Gasteiger partial charge in [-0.05, 0) is 44.2 Å². The molecule has 0 saturated heterocycles. The maximum absolute atomic E-state index is 12.7. The molecule has 4 heteroatoms. The number of nitrogens with one attached hydrogen (secondary N) is 1. The average molecular weight is 357 g/mol. The summed E-state index contributed by atoms with van der Waals surface area (Å²) < 4.78 is 12.4. The monoisotopic (exact) mass is 357 g/mol. The average Bonchev–Trinajstić information content (AvgIpc) is 2.97. The predicted molar refractivity (Wildman–Crippen MR) is 104 cm³/mol. The lowest BCUT2D eigenvalue weighted by Gasteiger charge is -2.36. The molecule has 1 atom stereocenters. The molecule has 1 unspecified atom stereocenters. The number of rotatable bonds is 2. The molecule has 2 heterocycles. The number of anilines is 1. The van der Waals surface area contributed by atoms with E-state index in [-0.39, 0.29) is 5.97 Å². The molecule has 2 aliphatic rings. The van der Waals surface area contributed by atoms with Gasteiger partial charge in [-0.15, -0.1) is 0 Å². The molecule has 0 saturated carbocycles. The molecule has 2 aliphatic heterocycles. The minimum atomic E-state index is -0.979. The summed E-state index contributed by atoms with van der Waals surface area (Å²) in [4.78, 5) is 12.7. The molecule has 3 aromatic carbocycles. The Bertz CT molecular complexity index is 1090. The van der Waals surface area contributed by atoms with Crippen LogP contribution in [0.3, 0.4) is 0 Å². The Labute approximate surface area is 157 Å². The van der Waals surface area contributed by atoms with E-state index in [2.05, 4.69) is 12.2 Å². The summed E-state index contributed by atoms with van der Waals surface area (Å²) in [6.45, 7) is 4.90. The minimum Gasteiger partial charge on any atom is -0.456 e. The third-order valence-electron chi connectivity index (χ3n) is 5.25. The Hall–Kier alpha value is -3.27. The molecule has 0 fully saturated rings. The van der Waals surface area contributed by atoms with Gasteiger partial charge < -0.3 is 14.8 Å². The second-order valence-electron chi connectivity index (χ2n) is 6.96. The highest BCUT2D eigenvalue weighted by molar-refractivity contribution is 5.97. The van der Waals surface area contributed by atoms with Gasteiger partial charge in [-0.2, -0.15) is 0 Å². The summed E-state index contributed by atoms with van der Waals surface area (Å²) in [5.74, 6) is 1.11. The summed E-state index contributed by atoms with van der Waals surface area (Å²) >= 11 is 0. The van der Waals surface area contributed by atoms with Gasteiger partial charge in [0.2, 0.25) is 0 Å². The van der Waals surface area contributed by atoms with Crippen LogP contribution in [-0.2, 0) is 10.3 Å². The molecule has 27 heavy (non-hydrogen) atoms. The zero-order valence-corrected chi connectivity index (χ0v) is 15.2. The maximum Gasteiger partial charge on any atom is 0.340 e. The largest absolute Gasteiger partial charge is 0.456 e. The first-order valence-corrected chi connectivity index (χ1v) is 9.13. The normalized spacial score (nSPS) is 19.0. The van der Waals surface area contributed by atoms with Crippen molar-refractivity contribution < 1.29 is 14.3 Å². The molecule has 4 nitrogen and oxygen atoms in total. The lowest BCUT2D eigenvalue weighted by molar-refractivity contribution is 0.0224. The number of fused-ring (bicyclic) bond motifs is 6. The predicted octanol–water partition coefficient (Wildman–Crippen LogP) is 4.99. The van der Waals surface area contributed by atoms with Gasteiger partial charge in [-0.1, -0.05) is 29.8 Å². The number of benzene rings is 3. The van der Waals surface area contributed by atoms with Crippen molar-refractivity contribution in [2.24, 2.45) is 0 Å². The van der Waals surface area contributed by atoms with Crippen LogP contribution in [0.4, 0.5) is 5.69 Å². The molecule has 0 amide bonds. The highest BCUT2D eigenvalue weighted by atomic mass is 16.6. The standard InChI is InChI=1S/C23H19NO3/c1-3-24-15-9-10-18-21(13-15)26-20-11-8-14(2)12-19(20)23(18)17-7-5-4-6-16(17)22(25)27-23/h4-13,24H,3H2,1-2H3. The van der Waals surface area contributed by atoms with Gasteiger partial charge in [-0.3, -0.25) is 0 Å². The Kier molecular flexibility index (Phi) is 3.31. The Balaban J connectivity index is 1.84. The number of ether oxygens (including phenoxy) is 2. The second kappa shape index (κ2) is 5.61. The second-order valence-corrected chi connectivity index (χ2v) is 6.96. The molecule has 134 valence electrons. The fraction of sp³-hybridized carbons (Fsp3) is 0.174. The zero-order valence-electron chi connectivity index (χ0n) is 15.2. The third kappa shape index (κ3) is 2.13. The Morgan fingerprint density at radius 2 is 1.78 bits per heavy atom. The maximum atomic E-state index is 12.7. The number of hydrogen-bond acceptors (Lipinski definition) is 4. The van der Waals surface area contributed by atoms with E-state index in [0.717, 1.165) is 34.5 Å². The van der Waals surface area contributed by atoms with Crippen LogP contribution in [0, 0.1) is 6.92 Å². The van der Waals surface area contributed by atoms with Gasteiger partial charge in [0, 0.05) is 35.0 Å². The molecule has 1 spiro atoms. The molecule has 3 aromatic rings. The molecule has 1 N–H and O–H groups in total.